The first-order valence-corrected chi connectivity index (χ1v) is 6.90. The molecular weight excluding hydrogens is 250 g/mol. The average molecular weight is 267 g/mol. The minimum absolute atomic E-state index is 0.768. The Balaban J connectivity index is 2.50. The summed E-state index contributed by atoms with van der Waals surface area (Å²) >= 11 is 1.67. The molecule has 0 radical (unpaired) electrons. The Kier molecular flexibility index (Phi) is 4.13. The van der Waals surface area contributed by atoms with Gasteiger partial charge in [0.15, 0.2) is 0 Å². The third kappa shape index (κ3) is 2.74. The highest BCUT2D eigenvalue weighted by molar-refractivity contribution is 7.99. The Labute approximate surface area is 118 Å². The fourth-order valence-corrected chi connectivity index (χ4v) is 3.04. The summed E-state index contributed by atoms with van der Waals surface area (Å²) in [4.78, 5) is 2.24. The maximum absolute atomic E-state index is 6.25. The Morgan fingerprint density at radius 3 is 2.26 bits per heavy atom. The molecule has 0 saturated heterocycles. The number of benzene rings is 2. The zero-order valence-electron chi connectivity index (χ0n) is 11.0. The van der Waals surface area contributed by atoms with Crippen LogP contribution in [-0.2, 0) is 0 Å². The Hall–Kier alpha value is -1.93. The van der Waals surface area contributed by atoms with Gasteiger partial charge in [-0.1, -0.05) is 55.3 Å². The molecule has 0 heterocycles. The smallest absolute Gasteiger partial charge is 0.0535 e. The monoisotopic (exact) mass is 267 g/mol. The Bertz CT molecular complexity index is 615. The largest absolute Gasteiger partial charge is 0.397 e. The third-order valence-electron chi connectivity index (χ3n) is 3.00. The lowest BCUT2D eigenvalue weighted by molar-refractivity contribution is 1.32. The Morgan fingerprint density at radius 1 is 1.05 bits per heavy atom. The molecule has 2 rings (SSSR count). The van der Waals surface area contributed by atoms with Gasteiger partial charge in [0, 0.05) is 15.4 Å². The molecule has 0 spiro atoms. The lowest BCUT2D eigenvalue weighted by Crippen LogP contribution is -1.97. The fraction of sp³-hybridized carbons (Fsp3) is 0.0588. The fourth-order valence-electron chi connectivity index (χ4n) is 2.03. The second kappa shape index (κ2) is 5.81. The first kappa shape index (κ1) is 13.5. The number of anilines is 1. The molecule has 2 aromatic rings. The molecule has 2 aromatic carbocycles. The van der Waals surface area contributed by atoms with E-state index in [1.54, 1.807) is 17.8 Å². The van der Waals surface area contributed by atoms with Gasteiger partial charge < -0.3 is 5.73 Å². The van der Waals surface area contributed by atoms with Gasteiger partial charge in [-0.2, -0.15) is 0 Å². The van der Waals surface area contributed by atoms with Crippen LogP contribution < -0.4 is 5.73 Å². The summed E-state index contributed by atoms with van der Waals surface area (Å²) < 4.78 is 0. The minimum atomic E-state index is 0.768. The van der Waals surface area contributed by atoms with Crippen LogP contribution in [0.25, 0.3) is 12.2 Å². The van der Waals surface area contributed by atoms with Crippen molar-refractivity contribution in [3.05, 3.63) is 66.2 Å². The molecule has 19 heavy (non-hydrogen) atoms. The van der Waals surface area contributed by atoms with Crippen LogP contribution in [0.2, 0.25) is 0 Å². The van der Waals surface area contributed by atoms with Gasteiger partial charge in [0.1, 0.15) is 0 Å². The summed E-state index contributed by atoms with van der Waals surface area (Å²) in [6, 6.07) is 12.3. The normalized spacial score (nSPS) is 10.2. The predicted octanol–water partition coefficient (Wildman–Crippen LogP) is 5.01. The lowest BCUT2D eigenvalue weighted by Gasteiger charge is -2.14. The van der Waals surface area contributed by atoms with Gasteiger partial charge in [-0.3, -0.25) is 0 Å². The quantitative estimate of drug-likeness (QED) is 0.788. The molecule has 2 N–H and O–H groups in total. The Morgan fingerprint density at radius 2 is 1.68 bits per heavy atom. The van der Waals surface area contributed by atoms with E-state index in [0.717, 1.165) is 27.3 Å². The molecule has 0 amide bonds. The van der Waals surface area contributed by atoms with E-state index in [-0.39, 0.29) is 0 Å². The predicted molar refractivity (Wildman–Crippen MR) is 86.3 cm³/mol. The number of hydrogen-bond donors (Lipinski definition) is 1. The molecule has 0 unspecified atom stereocenters. The molecule has 0 aromatic heterocycles. The number of nitrogen functional groups attached to an aromatic ring is 1. The number of hydrogen-bond acceptors (Lipinski definition) is 2. The van der Waals surface area contributed by atoms with Crippen molar-refractivity contribution in [2.45, 2.75) is 16.7 Å². The molecule has 0 aliphatic carbocycles. The van der Waals surface area contributed by atoms with Crippen LogP contribution in [0, 0.1) is 6.92 Å². The van der Waals surface area contributed by atoms with Gasteiger partial charge in [0.05, 0.1) is 5.69 Å². The van der Waals surface area contributed by atoms with E-state index in [4.69, 9.17) is 5.73 Å². The second-order valence-electron chi connectivity index (χ2n) is 4.26. The molecule has 96 valence electrons. The summed E-state index contributed by atoms with van der Waals surface area (Å²) in [5.41, 5.74) is 10.2. The lowest BCUT2D eigenvalue weighted by atomic mass is 10.00. The SMILES string of the molecule is C=Cc1c(C)cc(Sc2ccccc2)c(N)c1C=C. The van der Waals surface area contributed by atoms with Gasteiger partial charge in [-0.05, 0) is 36.2 Å². The van der Waals surface area contributed by atoms with Crippen molar-refractivity contribution in [2.24, 2.45) is 0 Å². The molecule has 0 aliphatic heterocycles. The highest BCUT2D eigenvalue weighted by atomic mass is 32.2. The maximum Gasteiger partial charge on any atom is 0.0535 e. The highest BCUT2D eigenvalue weighted by Crippen LogP contribution is 2.37. The minimum Gasteiger partial charge on any atom is -0.397 e. The van der Waals surface area contributed by atoms with Gasteiger partial charge in [0.2, 0.25) is 0 Å². The number of nitrogens with two attached hydrogens (primary N) is 1. The van der Waals surface area contributed by atoms with Gasteiger partial charge in [-0.15, -0.1) is 0 Å². The summed E-state index contributed by atoms with van der Waals surface area (Å²) in [5, 5.41) is 0. The van der Waals surface area contributed by atoms with Crippen LogP contribution in [0.15, 0.2) is 59.3 Å². The second-order valence-corrected chi connectivity index (χ2v) is 5.37. The van der Waals surface area contributed by atoms with E-state index in [1.165, 1.54) is 4.90 Å². The van der Waals surface area contributed by atoms with Crippen molar-refractivity contribution in [1.82, 2.24) is 0 Å². The number of rotatable bonds is 4. The van der Waals surface area contributed by atoms with Crippen molar-refractivity contribution < 1.29 is 0 Å². The van der Waals surface area contributed by atoms with E-state index in [9.17, 15) is 0 Å². The van der Waals surface area contributed by atoms with E-state index in [2.05, 4.69) is 38.3 Å². The summed E-state index contributed by atoms with van der Waals surface area (Å²) in [5.74, 6) is 0. The molecule has 0 fully saturated rings. The third-order valence-corrected chi connectivity index (χ3v) is 4.06. The van der Waals surface area contributed by atoms with Crippen LogP contribution in [0.4, 0.5) is 5.69 Å². The van der Waals surface area contributed by atoms with Crippen LogP contribution >= 0.6 is 11.8 Å². The molecule has 1 nitrogen and oxygen atoms in total. The standard InChI is InChI=1S/C17H17NS/c1-4-14-12(3)11-16(17(18)15(14)5-2)19-13-9-7-6-8-10-13/h4-11H,1-2,18H2,3H3. The molecule has 0 atom stereocenters. The zero-order valence-corrected chi connectivity index (χ0v) is 11.8. The van der Waals surface area contributed by atoms with E-state index < -0.39 is 0 Å². The highest BCUT2D eigenvalue weighted by Gasteiger charge is 2.11. The molecular formula is C17H17NS. The first-order chi connectivity index (χ1) is 9.17. The van der Waals surface area contributed by atoms with Crippen molar-refractivity contribution >= 4 is 29.6 Å². The van der Waals surface area contributed by atoms with Crippen molar-refractivity contribution in [3.8, 4) is 0 Å². The number of aryl methyl sites for hydroxylation is 1. The van der Waals surface area contributed by atoms with Gasteiger partial charge in [-0.25, -0.2) is 0 Å². The van der Waals surface area contributed by atoms with Crippen LogP contribution in [0.5, 0.6) is 0 Å². The topological polar surface area (TPSA) is 26.0 Å². The first-order valence-electron chi connectivity index (χ1n) is 6.08. The van der Waals surface area contributed by atoms with Crippen LogP contribution in [0.3, 0.4) is 0 Å². The average Bonchev–Trinajstić information content (AvgIpc) is 2.43. The van der Waals surface area contributed by atoms with Crippen LogP contribution in [-0.4, -0.2) is 0 Å². The molecule has 0 saturated carbocycles. The van der Waals surface area contributed by atoms with Crippen molar-refractivity contribution in [3.63, 3.8) is 0 Å². The zero-order chi connectivity index (χ0) is 13.8. The summed E-state index contributed by atoms with van der Waals surface area (Å²) in [6.07, 6.45) is 3.63. The summed E-state index contributed by atoms with van der Waals surface area (Å²) in [6.45, 7) is 9.77. The van der Waals surface area contributed by atoms with Gasteiger partial charge in [0.25, 0.3) is 0 Å². The van der Waals surface area contributed by atoms with E-state index in [0.29, 0.717) is 0 Å². The molecule has 0 aliphatic rings. The molecule has 2 heteroatoms. The van der Waals surface area contributed by atoms with E-state index in [1.807, 2.05) is 24.3 Å². The van der Waals surface area contributed by atoms with Crippen molar-refractivity contribution in [1.29, 1.82) is 0 Å². The summed E-state index contributed by atoms with van der Waals surface area (Å²) in [7, 11) is 0. The molecule has 0 bridgehead atoms. The van der Waals surface area contributed by atoms with E-state index >= 15 is 0 Å². The van der Waals surface area contributed by atoms with Crippen LogP contribution in [0.1, 0.15) is 16.7 Å². The van der Waals surface area contributed by atoms with Gasteiger partial charge >= 0.3 is 0 Å². The maximum atomic E-state index is 6.25. The van der Waals surface area contributed by atoms with Crippen molar-refractivity contribution in [2.75, 3.05) is 5.73 Å².